The summed E-state index contributed by atoms with van der Waals surface area (Å²) < 4.78 is 39.4. The Morgan fingerprint density at radius 2 is 2.05 bits per heavy atom. The first-order chi connectivity index (χ1) is 9.41. The standard InChI is InChI=1S/C13H18ClFN2O2S/c1-17(9-10-4-6-16-7-5-10)20(18,19)13-8-11(15)2-3-12(13)14/h2-3,8,10,16H,4-7,9H2,1H3. The van der Waals surface area contributed by atoms with Gasteiger partial charge < -0.3 is 5.32 Å². The van der Waals surface area contributed by atoms with Crippen LogP contribution in [0.25, 0.3) is 0 Å². The number of hydrogen-bond donors (Lipinski definition) is 1. The van der Waals surface area contributed by atoms with Crippen LogP contribution in [0.15, 0.2) is 23.1 Å². The highest BCUT2D eigenvalue weighted by atomic mass is 35.5. The fourth-order valence-electron chi connectivity index (χ4n) is 2.37. The minimum absolute atomic E-state index is 0.0450. The van der Waals surface area contributed by atoms with Crippen molar-refractivity contribution in [3.63, 3.8) is 0 Å². The van der Waals surface area contributed by atoms with Gasteiger partial charge in [-0.05, 0) is 50.0 Å². The average molecular weight is 321 g/mol. The minimum atomic E-state index is -3.75. The van der Waals surface area contributed by atoms with Crippen LogP contribution in [0.1, 0.15) is 12.8 Å². The van der Waals surface area contributed by atoms with Gasteiger partial charge in [-0.1, -0.05) is 11.6 Å². The summed E-state index contributed by atoms with van der Waals surface area (Å²) in [5.74, 6) is -0.286. The third-order valence-corrected chi connectivity index (χ3v) is 5.86. The van der Waals surface area contributed by atoms with Crippen molar-refractivity contribution in [1.29, 1.82) is 0 Å². The van der Waals surface area contributed by atoms with Crippen LogP contribution < -0.4 is 5.32 Å². The molecule has 1 N–H and O–H groups in total. The fourth-order valence-corrected chi connectivity index (χ4v) is 4.10. The first kappa shape index (κ1) is 15.7. The van der Waals surface area contributed by atoms with E-state index in [1.54, 1.807) is 0 Å². The molecule has 0 atom stereocenters. The monoisotopic (exact) mass is 320 g/mol. The number of sulfonamides is 1. The third kappa shape index (κ3) is 3.49. The summed E-state index contributed by atoms with van der Waals surface area (Å²) >= 11 is 5.89. The lowest BCUT2D eigenvalue weighted by atomic mass is 9.98. The van der Waals surface area contributed by atoms with Crippen molar-refractivity contribution in [3.05, 3.63) is 29.0 Å². The van der Waals surface area contributed by atoms with Crippen LogP contribution in [0.3, 0.4) is 0 Å². The molecule has 1 aliphatic heterocycles. The number of halogens is 2. The van der Waals surface area contributed by atoms with Gasteiger partial charge in [0.25, 0.3) is 0 Å². The molecule has 4 nitrogen and oxygen atoms in total. The Balaban J connectivity index is 2.18. The molecule has 1 aliphatic rings. The summed E-state index contributed by atoms with van der Waals surface area (Å²) in [6.45, 7) is 2.23. The van der Waals surface area contributed by atoms with Gasteiger partial charge in [0.1, 0.15) is 10.7 Å². The van der Waals surface area contributed by atoms with E-state index in [1.807, 2.05) is 0 Å². The van der Waals surface area contributed by atoms with Crippen LogP contribution in [0.5, 0.6) is 0 Å². The number of benzene rings is 1. The summed E-state index contributed by atoms with van der Waals surface area (Å²) in [6, 6.07) is 3.38. The van der Waals surface area contributed by atoms with Crippen molar-refractivity contribution in [1.82, 2.24) is 9.62 Å². The van der Waals surface area contributed by atoms with E-state index >= 15 is 0 Å². The topological polar surface area (TPSA) is 49.4 Å². The molecule has 7 heteroatoms. The van der Waals surface area contributed by atoms with Crippen LogP contribution in [-0.2, 0) is 10.0 Å². The van der Waals surface area contributed by atoms with Crippen molar-refractivity contribution < 1.29 is 12.8 Å². The number of nitrogens with zero attached hydrogens (tertiary/aromatic N) is 1. The number of hydrogen-bond acceptors (Lipinski definition) is 3. The molecule has 1 aromatic rings. The van der Waals surface area contributed by atoms with E-state index in [2.05, 4.69) is 5.32 Å². The van der Waals surface area contributed by atoms with E-state index in [9.17, 15) is 12.8 Å². The van der Waals surface area contributed by atoms with Crippen molar-refractivity contribution in [2.45, 2.75) is 17.7 Å². The molecule has 1 heterocycles. The number of rotatable bonds is 4. The number of piperidine rings is 1. The summed E-state index contributed by atoms with van der Waals surface area (Å²) in [5.41, 5.74) is 0. The highest BCUT2D eigenvalue weighted by Gasteiger charge is 2.27. The first-order valence-electron chi connectivity index (χ1n) is 6.53. The van der Waals surface area contributed by atoms with E-state index in [1.165, 1.54) is 17.4 Å². The molecule has 1 fully saturated rings. The molecule has 0 aromatic heterocycles. The normalized spacial score (nSPS) is 17.6. The molecule has 0 saturated carbocycles. The summed E-state index contributed by atoms with van der Waals surface area (Å²) in [4.78, 5) is -0.171. The lowest BCUT2D eigenvalue weighted by Crippen LogP contribution is -2.37. The van der Waals surface area contributed by atoms with Crippen molar-refractivity contribution >= 4 is 21.6 Å². The SMILES string of the molecule is CN(CC1CCNCC1)S(=O)(=O)c1cc(F)ccc1Cl. The molecule has 20 heavy (non-hydrogen) atoms. The summed E-state index contributed by atoms with van der Waals surface area (Å²) in [5, 5.41) is 3.28. The minimum Gasteiger partial charge on any atom is -0.317 e. The lowest BCUT2D eigenvalue weighted by molar-refractivity contribution is 0.311. The van der Waals surface area contributed by atoms with Gasteiger partial charge in [0, 0.05) is 13.6 Å². The molecule has 0 bridgehead atoms. The molecule has 0 amide bonds. The van der Waals surface area contributed by atoms with E-state index in [-0.39, 0.29) is 9.92 Å². The summed E-state index contributed by atoms with van der Waals surface area (Å²) in [7, 11) is -2.24. The zero-order valence-electron chi connectivity index (χ0n) is 11.3. The molecule has 112 valence electrons. The Bertz CT molecular complexity index is 574. The van der Waals surface area contributed by atoms with Gasteiger partial charge in [-0.25, -0.2) is 17.1 Å². The summed E-state index contributed by atoms with van der Waals surface area (Å²) in [6.07, 6.45) is 1.88. The highest BCUT2D eigenvalue weighted by Crippen LogP contribution is 2.26. The van der Waals surface area contributed by atoms with Crippen molar-refractivity contribution in [2.75, 3.05) is 26.7 Å². The quantitative estimate of drug-likeness (QED) is 0.924. The van der Waals surface area contributed by atoms with Crippen LogP contribution in [0.4, 0.5) is 4.39 Å². The van der Waals surface area contributed by atoms with Gasteiger partial charge in [-0.3, -0.25) is 0 Å². The smallest absolute Gasteiger partial charge is 0.244 e. The van der Waals surface area contributed by atoms with Gasteiger partial charge in [0.05, 0.1) is 5.02 Å². The van der Waals surface area contributed by atoms with Crippen LogP contribution in [0.2, 0.25) is 5.02 Å². The maximum atomic E-state index is 13.2. The largest absolute Gasteiger partial charge is 0.317 e. The van der Waals surface area contributed by atoms with E-state index in [0.717, 1.165) is 38.1 Å². The average Bonchev–Trinajstić information content (AvgIpc) is 2.42. The third-order valence-electron chi connectivity index (χ3n) is 3.56. The van der Waals surface area contributed by atoms with Crippen LogP contribution in [0, 0.1) is 11.7 Å². The Labute approximate surface area is 124 Å². The van der Waals surface area contributed by atoms with Crippen LogP contribution in [-0.4, -0.2) is 39.4 Å². The maximum absolute atomic E-state index is 13.2. The van der Waals surface area contributed by atoms with Crippen molar-refractivity contribution in [2.24, 2.45) is 5.92 Å². The molecular weight excluding hydrogens is 303 g/mol. The second kappa shape index (κ2) is 6.39. The fraction of sp³-hybridized carbons (Fsp3) is 0.538. The second-order valence-corrected chi connectivity index (χ2v) is 7.47. The van der Waals surface area contributed by atoms with Crippen molar-refractivity contribution in [3.8, 4) is 0 Å². The Kier molecular flexibility index (Phi) is 5.01. The highest BCUT2D eigenvalue weighted by molar-refractivity contribution is 7.89. The van der Waals surface area contributed by atoms with Crippen LogP contribution >= 0.6 is 11.6 Å². The maximum Gasteiger partial charge on any atom is 0.244 e. The molecule has 0 unspecified atom stereocenters. The van der Waals surface area contributed by atoms with E-state index in [0.29, 0.717) is 12.5 Å². The van der Waals surface area contributed by atoms with Gasteiger partial charge in [-0.2, -0.15) is 0 Å². The van der Waals surface area contributed by atoms with Gasteiger partial charge in [-0.15, -0.1) is 0 Å². The molecule has 0 aliphatic carbocycles. The molecule has 2 rings (SSSR count). The van der Waals surface area contributed by atoms with Gasteiger partial charge in [0.15, 0.2) is 0 Å². The Hall–Kier alpha value is -0.690. The number of nitrogens with one attached hydrogen (secondary N) is 1. The first-order valence-corrected chi connectivity index (χ1v) is 8.35. The molecule has 1 aromatic carbocycles. The Morgan fingerprint density at radius 1 is 1.40 bits per heavy atom. The zero-order chi connectivity index (χ0) is 14.8. The van der Waals surface area contributed by atoms with E-state index in [4.69, 9.17) is 11.6 Å². The predicted octanol–water partition coefficient (Wildman–Crippen LogP) is 2.10. The second-order valence-electron chi connectivity index (χ2n) is 5.05. The Morgan fingerprint density at radius 3 is 2.70 bits per heavy atom. The zero-order valence-corrected chi connectivity index (χ0v) is 12.8. The molecule has 0 radical (unpaired) electrons. The molecular formula is C13H18ClFN2O2S. The van der Waals surface area contributed by atoms with Gasteiger partial charge in [0.2, 0.25) is 10.0 Å². The molecule has 1 saturated heterocycles. The van der Waals surface area contributed by atoms with Gasteiger partial charge >= 0.3 is 0 Å². The predicted molar refractivity (Wildman–Crippen MR) is 76.8 cm³/mol. The molecule has 0 spiro atoms. The lowest BCUT2D eigenvalue weighted by Gasteiger charge is -2.27. The van der Waals surface area contributed by atoms with E-state index < -0.39 is 15.8 Å².